The summed E-state index contributed by atoms with van der Waals surface area (Å²) in [5, 5.41) is 9.29. The first kappa shape index (κ1) is 20.5. The van der Waals surface area contributed by atoms with E-state index in [1.807, 2.05) is 25.1 Å². The van der Waals surface area contributed by atoms with Crippen LogP contribution in [-0.4, -0.2) is 47.3 Å². The van der Waals surface area contributed by atoms with Crippen molar-refractivity contribution in [2.75, 3.05) is 21.3 Å². The molecule has 0 N–H and O–H groups in total. The third-order valence-corrected chi connectivity index (χ3v) is 6.10. The summed E-state index contributed by atoms with van der Waals surface area (Å²) in [6.07, 6.45) is 5.79. The molecule has 0 amide bonds. The summed E-state index contributed by atoms with van der Waals surface area (Å²) in [6, 6.07) is 6.07. The van der Waals surface area contributed by atoms with Gasteiger partial charge in [-0.15, -0.1) is 10.2 Å². The molecule has 2 aromatic rings. The molecule has 3 rings (SSSR count). The maximum Gasteiger partial charge on any atom is 0.318 e. The summed E-state index contributed by atoms with van der Waals surface area (Å²) in [5.74, 6) is 1.84. The zero-order valence-electron chi connectivity index (χ0n) is 16.8. The van der Waals surface area contributed by atoms with Gasteiger partial charge in [-0.25, -0.2) is 0 Å². The number of carbonyl (C=O) groups excluding carboxylic acids is 1. The quantitative estimate of drug-likeness (QED) is 0.506. The van der Waals surface area contributed by atoms with E-state index in [4.69, 9.17) is 14.2 Å². The van der Waals surface area contributed by atoms with E-state index in [0.29, 0.717) is 17.5 Å². The van der Waals surface area contributed by atoms with Crippen LogP contribution in [0.1, 0.15) is 45.1 Å². The molecule has 1 aromatic heterocycles. The van der Waals surface area contributed by atoms with Crippen molar-refractivity contribution in [1.82, 2.24) is 14.8 Å². The standard InChI is InChI=1S/C20H27N3O4S/c1-13(19(24)27-4)28-20-22-21-18(23(20)15-8-6-5-7-9-15)14-10-11-16(25-2)17(12-14)26-3/h10-13,15H,5-9H2,1-4H3. The number of carbonyl (C=O) groups is 1. The molecule has 0 aliphatic heterocycles. The first-order valence-electron chi connectivity index (χ1n) is 9.50. The van der Waals surface area contributed by atoms with Crippen molar-refractivity contribution in [1.29, 1.82) is 0 Å². The lowest BCUT2D eigenvalue weighted by Crippen LogP contribution is -2.18. The van der Waals surface area contributed by atoms with Gasteiger partial charge in [0.15, 0.2) is 22.5 Å². The van der Waals surface area contributed by atoms with E-state index in [1.54, 1.807) is 14.2 Å². The van der Waals surface area contributed by atoms with Crippen LogP contribution < -0.4 is 9.47 Å². The molecule has 1 unspecified atom stereocenters. The van der Waals surface area contributed by atoms with Gasteiger partial charge in [-0.2, -0.15) is 0 Å². The number of thioether (sulfide) groups is 1. The lowest BCUT2D eigenvalue weighted by atomic mass is 9.95. The minimum atomic E-state index is -0.352. The van der Waals surface area contributed by atoms with Crippen LogP contribution in [0.4, 0.5) is 0 Å². The maximum atomic E-state index is 11.9. The van der Waals surface area contributed by atoms with Crippen LogP contribution in [0.2, 0.25) is 0 Å². The highest BCUT2D eigenvalue weighted by Gasteiger charge is 2.27. The highest BCUT2D eigenvalue weighted by molar-refractivity contribution is 8.00. The third kappa shape index (κ3) is 4.27. The molecule has 1 saturated carbocycles. The van der Waals surface area contributed by atoms with E-state index in [-0.39, 0.29) is 11.2 Å². The fraction of sp³-hybridized carbons (Fsp3) is 0.550. The predicted molar refractivity (Wildman–Crippen MR) is 108 cm³/mol. The Balaban J connectivity index is 2.02. The average molecular weight is 406 g/mol. The van der Waals surface area contributed by atoms with Gasteiger partial charge in [0.1, 0.15) is 5.25 Å². The Kier molecular flexibility index (Phi) is 6.83. The van der Waals surface area contributed by atoms with Crippen LogP contribution in [0.15, 0.2) is 23.4 Å². The van der Waals surface area contributed by atoms with E-state index in [2.05, 4.69) is 14.8 Å². The monoisotopic (exact) mass is 405 g/mol. The Morgan fingerprint density at radius 1 is 1.11 bits per heavy atom. The second kappa shape index (κ2) is 9.32. The molecular weight excluding hydrogens is 378 g/mol. The highest BCUT2D eigenvalue weighted by atomic mass is 32.2. The van der Waals surface area contributed by atoms with E-state index in [9.17, 15) is 4.79 Å². The summed E-state index contributed by atoms with van der Waals surface area (Å²) in [7, 11) is 4.64. The fourth-order valence-corrected chi connectivity index (χ4v) is 4.52. The first-order chi connectivity index (χ1) is 13.6. The van der Waals surface area contributed by atoms with Crippen molar-refractivity contribution >= 4 is 17.7 Å². The molecule has 8 heteroatoms. The number of hydrogen-bond acceptors (Lipinski definition) is 7. The number of aromatic nitrogens is 3. The number of esters is 1. The molecule has 1 aliphatic carbocycles. The number of methoxy groups -OCH3 is 3. The number of ether oxygens (including phenoxy) is 3. The number of hydrogen-bond donors (Lipinski definition) is 0. The number of benzene rings is 1. The van der Waals surface area contributed by atoms with Crippen molar-refractivity contribution in [2.45, 2.75) is 55.5 Å². The Hall–Kier alpha value is -2.22. The van der Waals surface area contributed by atoms with E-state index >= 15 is 0 Å². The van der Waals surface area contributed by atoms with Gasteiger partial charge < -0.3 is 14.2 Å². The molecule has 152 valence electrons. The second-order valence-corrected chi connectivity index (χ2v) is 8.13. The van der Waals surface area contributed by atoms with Crippen LogP contribution in [0.25, 0.3) is 11.4 Å². The molecule has 1 aliphatic rings. The molecule has 0 saturated heterocycles. The summed E-state index contributed by atoms with van der Waals surface area (Å²) in [5.41, 5.74) is 0.910. The maximum absolute atomic E-state index is 11.9. The van der Waals surface area contributed by atoms with Crippen molar-refractivity contribution < 1.29 is 19.0 Å². The van der Waals surface area contributed by atoms with Crippen LogP contribution in [0.3, 0.4) is 0 Å². The van der Waals surface area contributed by atoms with Gasteiger partial charge in [-0.05, 0) is 38.0 Å². The normalized spacial score (nSPS) is 15.9. The molecule has 1 heterocycles. The Bertz CT molecular complexity index is 818. The highest BCUT2D eigenvalue weighted by Crippen LogP contribution is 2.38. The molecule has 1 aromatic carbocycles. The van der Waals surface area contributed by atoms with Gasteiger partial charge in [0.25, 0.3) is 0 Å². The zero-order valence-corrected chi connectivity index (χ0v) is 17.6. The molecule has 0 bridgehead atoms. The van der Waals surface area contributed by atoms with Crippen molar-refractivity contribution in [2.24, 2.45) is 0 Å². The Morgan fingerprint density at radius 2 is 1.82 bits per heavy atom. The van der Waals surface area contributed by atoms with Crippen LogP contribution in [-0.2, 0) is 9.53 Å². The summed E-state index contributed by atoms with van der Waals surface area (Å²) >= 11 is 1.39. The van der Waals surface area contributed by atoms with Crippen LogP contribution in [0.5, 0.6) is 11.5 Å². The molecule has 7 nitrogen and oxygen atoms in total. The molecule has 0 spiro atoms. The van der Waals surface area contributed by atoms with Crippen LogP contribution in [0, 0.1) is 0 Å². The van der Waals surface area contributed by atoms with E-state index < -0.39 is 0 Å². The van der Waals surface area contributed by atoms with Crippen molar-refractivity contribution in [3.63, 3.8) is 0 Å². The molecule has 1 fully saturated rings. The Morgan fingerprint density at radius 3 is 2.46 bits per heavy atom. The smallest absolute Gasteiger partial charge is 0.318 e. The molecule has 1 atom stereocenters. The van der Waals surface area contributed by atoms with Gasteiger partial charge in [0.05, 0.1) is 21.3 Å². The number of nitrogens with zero attached hydrogens (tertiary/aromatic N) is 3. The predicted octanol–water partition coefficient (Wildman–Crippen LogP) is 4.12. The SMILES string of the molecule is COC(=O)C(C)Sc1nnc(-c2ccc(OC)c(OC)c2)n1C1CCCCC1. The lowest BCUT2D eigenvalue weighted by Gasteiger charge is -2.26. The van der Waals surface area contributed by atoms with Crippen LogP contribution >= 0.6 is 11.8 Å². The summed E-state index contributed by atoms with van der Waals surface area (Å²) < 4.78 is 17.9. The fourth-order valence-electron chi connectivity index (χ4n) is 3.57. The van der Waals surface area contributed by atoms with Crippen molar-refractivity contribution in [3.8, 4) is 22.9 Å². The van der Waals surface area contributed by atoms with E-state index in [1.165, 1.54) is 38.1 Å². The summed E-state index contributed by atoms with van der Waals surface area (Å²) in [6.45, 7) is 1.83. The van der Waals surface area contributed by atoms with Gasteiger partial charge in [0.2, 0.25) is 0 Å². The van der Waals surface area contributed by atoms with Gasteiger partial charge in [-0.3, -0.25) is 9.36 Å². The number of rotatable bonds is 7. The topological polar surface area (TPSA) is 75.5 Å². The molecular formula is C20H27N3O4S. The van der Waals surface area contributed by atoms with Gasteiger partial charge >= 0.3 is 5.97 Å². The largest absolute Gasteiger partial charge is 0.493 e. The lowest BCUT2D eigenvalue weighted by molar-refractivity contribution is -0.139. The molecule has 28 heavy (non-hydrogen) atoms. The van der Waals surface area contributed by atoms with E-state index in [0.717, 1.165) is 29.4 Å². The molecule has 0 radical (unpaired) electrons. The summed E-state index contributed by atoms with van der Waals surface area (Å²) in [4.78, 5) is 11.9. The minimum Gasteiger partial charge on any atom is -0.493 e. The van der Waals surface area contributed by atoms with Crippen molar-refractivity contribution in [3.05, 3.63) is 18.2 Å². The Labute approximate surface area is 169 Å². The minimum absolute atomic E-state index is 0.268. The van der Waals surface area contributed by atoms with Gasteiger partial charge in [0, 0.05) is 11.6 Å². The average Bonchev–Trinajstić information content (AvgIpc) is 3.16. The second-order valence-electron chi connectivity index (χ2n) is 6.82. The first-order valence-corrected chi connectivity index (χ1v) is 10.4. The third-order valence-electron chi connectivity index (χ3n) is 5.06. The zero-order chi connectivity index (χ0) is 20.1. The van der Waals surface area contributed by atoms with Gasteiger partial charge in [-0.1, -0.05) is 31.0 Å².